The number of piperidine rings is 1. The number of amides is 1. The predicted octanol–water partition coefficient (Wildman–Crippen LogP) is 2.94. The van der Waals surface area contributed by atoms with Gasteiger partial charge in [-0.15, -0.1) is 0 Å². The van der Waals surface area contributed by atoms with E-state index in [4.69, 9.17) is 4.74 Å². The summed E-state index contributed by atoms with van der Waals surface area (Å²) >= 11 is 0. The highest BCUT2D eigenvalue weighted by Gasteiger charge is 2.29. The molecule has 152 valence electrons. The van der Waals surface area contributed by atoms with Crippen LogP contribution < -0.4 is 10.2 Å². The first kappa shape index (κ1) is 20.2. The van der Waals surface area contributed by atoms with Crippen LogP contribution in [0.15, 0.2) is 36.5 Å². The molecule has 1 aromatic heterocycles. The molecule has 0 bridgehead atoms. The molecule has 3 rings (SSSR count). The number of nitrogens with one attached hydrogen (secondary N) is 1. The minimum atomic E-state index is -0.653. The summed E-state index contributed by atoms with van der Waals surface area (Å²) in [6.07, 6.45) is 3.07. The third kappa shape index (κ3) is 4.50. The van der Waals surface area contributed by atoms with Crippen molar-refractivity contribution in [1.29, 1.82) is 0 Å². The summed E-state index contributed by atoms with van der Waals surface area (Å²) in [7, 11) is 1.23. The number of carbonyl (C=O) groups is 2. The lowest BCUT2D eigenvalue weighted by Gasteiger charge is -2.34. The summed E-state index contributed by atoms with van der Waals surface area (Å²) in [5.41, 5.74) is 1.32. The van der Waals surface area contributed by atoms with E-state index in [9.17, 15) is 19.7 Å². The molecule has 1 aliphatic heterocycles. The monoisotopic (exact) mass is 398 g/mol. The number of ether oxygens (including phenoxy) is 1. The van der Waals surface area contributed by atoms with E-state index >= 15 is 0 Å². The largest absolute Gasteiger partial charge is 0.465 e. The third-order valence-electron chi connectivity index (χ3n) is 4.98. The maximum atomic E-state index is 12.8. The molecule has 1 amide bonds. The number of benzene rings is 1. The fourth-order valence-corrected chi connectivity index (χ4v) is 3.43. The molecule has 1 aliphatic rings. The lowest BCUT2D eigenvalue weighted by molar-refractivity contribution is -0.384. The van der Waals surface area contributed by atoms with Crippen LogP contribution in [0.25, 0.3) is 0 Å². The van der Waals surface area contributed by atoms with E-state index in [1.165, 1.54) is 25.3 Å². The quantitative estimate of drug-likeness (QED) is 0.468. The lowest BCUT2D eigenvalue weighted by atomic mass is 9.95. The van der Waals surface area contributed by atoms with Crippen molar-refractivity contribution in [3.8, 4) is 0 Å². The first-order valence-corrected chi connectivity index (χ1v) is 9.25. The topological polar surface area (TPSA) is 115 Å². The van der Waals surface area contributed by atoms with Gasteiger partial charge in [-0.25, -0.2) is 9.78 Å². The summed E-state index contributed by atoms with van der Waals surface area (Å²) in [5.74, 6) is -0.566. The van der Waals surface area contributed by atoms with E-state index in [-0.39, 0.29) is 23.1 Å². The summed E-state index contributed by atoms with van der Waals surface area (Å²) in [6, 6.07) is 7.77. The van der Waals surface area contributed by atoms with Gasteiger partial charge in [-0.05, 0) is 37.5 Å². The number of aromatic nitrogens is 1. The highest BCUT2D eigenvalue weighted by molar-refractivity contribution is 5.97. The number of anilines is 2. The summed E-state index contributed by atoms with van der Waals surface area (Å²) in [6.45, 7) is 2.89. The van der Waals surface area contributed by atoms with Crippen molar-refractivity contribution < 1.29 is 19.2 Å². The Kier molecular flexibility index (Phi) is 6.06. The molecule has 0 saturated carbocycles. The van der Waals surface area contributed by atoms with Crippen molar-refractivity contribution in [2.45, 2.75) is 19.8 Å². The Bertz CT molecular complexity index is 946. The number of nitrogens with zero attached hydrogens (tertiary/aromatic N) is 3. The van der Waals surface area contributed by atoms with Crippen molar-refractivity contribution in [1.82, 2.24) is 4.98 Å². The number of esters is 1. The second-order valence-electron chi connectivity index (χ2n) is 6.89. The first-order valence-electron chi connectivity index (χ1n) is 9.25. The van der Waals surface area contributed by atoms with E-state index in [2.05, 4.69) is 10.3 Å². The van der Waals surface area contributed by atoms with Crippen LogP contribution in [0.4, 0.5) is 17.2 Å². The lowest BCUT2D eigenvalue weighted by Crippen LogP contribution is -2.41. The van der Waals surface area contributed by atoms with E-state index in [0.29, 0.717) is 31.0 Å². The number of hydrogen-bond donors (Lipinski definition) is 1. The van der Waals surface area contributed by atoms with E-state index < -0.39 is 10.9 Å². The zero-order valence-corrected chi connectivity index (χ0v) is 16.3. The van der Waals surface area contributed by atoms with Gasteiger partial charge in [0.1, 0.15) is 5.82 Å². The van der Waals surface area contributed by atoms with Gasteiger partial charge in [0.05, 0.1) is 29.2 Å². The molecule has 0 radical (unpaired) electrons. The Balaban J connectivity index is 1.81. The van der Waals surface area contributed by atoms with Gasteiger partial charge in [0.2, 0.25) is 5.91 Å². The second-order valence-corrected chi connectivity index (χ2v) is 6.89. The minimum absolute atomic E-state index is 0.114. The van der Waals surface area contributed by atoms with Gasteiger partial charge in [0.25, 0.3) is 5.69 Å². The van der Waals surface area contributed by atoms with Crippen molar-refractivity contribution >= 4 is 29.1 Å². The number of nitro groups is 1. The molecule has 1 N–H and O–H groups in total. The van der Waals surface area contributed by atoms with Crippen molar-refractivity contribution in [3.63, 3.8) is 0 Å². The number of hydrogen-bond acceptors (Lipinski definition) is 7. The van der Waals surface area contributed by atoms with Gasteiger partial charge in [-0.1, -0.05) is 6.07 Å². The number of non-ortho nitro benzene ring substituents is 1. The highest BCUT2D eigenvalue weighted by Crippen LogP contribution is 2.30. The zero-order chi connectivity index (χ0) is 21.0. The van der Waals surface area contributed by atoms with Crippen LogP contribution in [0.5, 0.6) is 0 Å². The Labute approximate surface area is 167 Å². The van der Waals surface area contributed by atoms with Gasteiger partial charge in [-0.2, -0.15) is 0 Å². The van der Waals surface area contributed by atoms with Crippen LogP contribution in [0.1, 0.15) is 28.8 Å². The molecule has 29 heavy (non-hydrogen) atoms. The number of methoxy groups -OCH3 is 1. The predicted molar refractivity (Wildman–Crippen MR) is 107 cm³/mol. The average Bonchev–Trinajstić information content (AvgIpc) is 2.74. The number of aryl methyl sites for hydroxylation is 1. The number of nitro benzene ring substituents is 1. The van der Waals surface area contributed by atoms with Crippen LogP contribution in [0, 0.1) is 23.0 Å². The molecule has 2 heterocycles. The molecule has 1 unspecified atom stereocenters. The summed E-state index contributed by atoms with van der Waals surface area (Å²) < 4.78 is 4.79. The molecule has 0 aliphatic carbocycles. The standard InChI is InChI=1S/C20H22N4O5/c1-13-5-3-9-21-18(13)22-19(25)14-6-4-10-23(12-14)17-8-7-15(24(27)28)11-16(17)20(26)29-2/h3,5,7-9,11,14H,4,6,10,12H2,1-2H3,(H,21,22,25). The molecule has 9 heteroatoms. The Morgan fingerprint density at radius 1 is 1.34 bits per heavy atom. The molecule has 1 saturated heterocycles. The maximum Gasteiger partial charge on any atom is 0.340 e. The Morgan fingerprint density at radius 3 is 2.83 bits per heavy atom. The van der Waals surface area contributed by atoms with E-state index in [0.717, 1.165) is 12.0 Å². The van der Waals surface area contributed by atoms with Crippen LogP contribution in [-0.4, -0.2) is 42.0 Å². The second kappa shape index (κ2) is 8.68. The van der Waals surface area contributed by atoms with Crippen LogP contribution >= 0.6 is 0 Å². The Hall–Kier alpha value is -3.49. The molecule has 1 atom stereocenters. The average molecular weight is 398 g/mol. The number of carbonyl (C=O) groups excluding carboxylic acids is 2. The zero-order valence-electron chi connectivity index (χ0n) is 16.3. The van der Waals surface area contributed by atoms with Crippen LogP contribution in [0.2, 0.25) is 0 Å². The molecular formula is C20H22N4O5. The van der Waals surface area contributed by atoms with E-state index in [1.54, 1.807) is 12.3 Å². The van der Waals surface area contributed by atoms with Gasteiger partial charge in [0, 0.05) is 31.4 Å². The smallest absolute Gasteiger partial charge is 0.340 e. The highest BCUT2D eigenvalue weighted by atomic mass is 16.6. The normalized spacial score (nSPS) is 16.2. The van der Waals surface area contributed by atoms with Crippen molar-refractivity contribution in [2.24, 2.45) is 5.92 Å². The van der Waals surface area contributed by atoms with Crippen LogP contribution in [-0.2, 0) is 9.53 Å². The van der Waals surface area contributed by atoms with Gasteiger partial charge in [-0.3, -0.25) is 14.9 Å². The first-order chi connectivity index (χ1) is 13.9. The van der Waals surface area contributed by atoms with Crippen molar-refractivity contribution in [3.05, 3.63) is 57.8 Å². The van der Waals surface area contributed by atoms with Gasteiger partial charge < -0.3 is 15.0 Å². The molecule has 1 fully saturated rings. The maximum absolute atomic E-state index is 12.8. The molecule has 0 spiro atoms. The fourth-order valence-electron chi connectivity index (χ4n) is 3.43. The van der Waals surface area contributed by atoms with Gasteiger partial charge in [0.15, 0.2) is 0 Å². The molecular weight excluding hydrogens is 376 g/mol. The van der Waals surface area contributed by atoms with E-state index in [1.807, 2.05) is 17.9 Å². The molecule has 1 aromatic carbocycles. The van der Waals surface area contributed by atoms with Crippen LogP contribution in [0.3, 0.4) is 0 Å². The molecule has 9 nitrogen and oxygen atoms in total. The number of rotatable bonds is 5. The fraction of sp³-hybridized carbons (Fsp3) is 0.350. The van der Waals surface area contributed by atoms with Gasteiger partial charge >= 0.3 is 5.97 Å². The third-order valence-corrected chi connectivity index (χ3v) is 4.98. The van der Waals surface area contributed by atoms with Crippen molar-refractivity contribution in [2.75, 3.05) is 30.4 Å². The Morgan fingerprint density at radius 2 is 2.14 bits per heavy atom. The summed E-state index contributed by atoms with van der Waals surface area (Å²) in [5, 5.41) is 13.9. The number of pyridine rings is 1. The minimum Gasteiger partial charge on any atom is -0.465 e. The summed E-state index contributed by atoms with van der Waals surface area (Å²) in [4.78, 5) is 41.6. The molecule has 2 aromatic rings. The SMILES string of the molecule is COC(=O)c1cc([N+](=O)[O-])ccc1N1CCCC(C(=O)Nc2ncccc2C)C1.